The van der Waals surface area contributed by atoms with Gasteiger partial charge in [-0.3, -0.25) is 0 Å². The SMILES string of the molecule is [C-]#[N+]c1cc2c(c([N+]#[C-])c1C)C(=NC#N)c1c-2cc(C#N)c(OC(F)(F)F)c1C#N. The molecule has 30 heavy (non-hydrogen) atoms. The van der Waals surface area contributed by atoms with Crippen LogP contribution in [-0.4, -0.2) is 12.1 Å². The van der Waals surface area contributed by atoms with Gasteiger partial charge in [0.25, 0.3) is 0 Å². The zero-order chi connectivity index (χ0) is 22.2. The van der Waals surface area contributed by atoms with Crippen LogP contribution in [0, 0.1) is 54.2 Å². The van der Waals surface area contributed by atoms with E-state index >= 15 is 0 Å². The van der Waals surface area contributed by atoms with Crippen LogP contribution < -0.4 is 4.74 Å². The van der Waals surface area contributed by atoms with E-state index in [-0.39, 0.29) is 39.3 Å². The first-order valence-electron chi connectivity index (χ1n) is 7.89. The fourth-order valence-corrected chi connectivity index (χ4v) is 3.28. The van der Waals surface area contributed by atoms with Crippen molar-refractivity contribution in [2.75, 3.05) is 0 Å². The van der Waals surface area contributed by atoms with Crippen molar-refractivity contribution in [1.82, 2.24) is 0 Å². The third kappa shape index (κ3) is 2.85. The number of nitriles is 3. The number of ether oxygens (including phenoxy) is 1. The van der Waals surface area contributed by atoms with E-state index in [1.54, 1.807) is 12.1 Å². The van der Waals surface area contributed by atoms with Crippen molar-refractivity contribution in [1.29, 1.82) is 15.8 Å². The van der Waals surface area contributed by atoms with Gasteiger partial charge in [-0.15, -0.1) is 13.2 Å². The van der Waals surface area contributed by atoms with E-state index in [1.165, 1.54) is 19.2 Å². The molecule has 0 aliphatic heterocycles. The minimum Gasteiger partial charge on any atom is -0.403 e. The minimum atomic E-state index is -5.18. The monoisotopic (exact) mass is 402 g/mol. The van der Waals surface area contributed by atoms with Crippen molar-refractivity contribution in [2.24, 2.45) is 4.99 Å². The Balaban J connectivity index is 2.56. The number of hydrogen-bond donors (Lipinski definition) is 0. The summed E-state index contributed by atoms with van der Waals surface area (Å²) in [6.45, 7) is 16.3. The van der Waals surface area contributed by atoms with Gasteiger partial charge in [0.1, 0.15) is 17.7 Å². The molecule has 7 nitrogen and oxygen atoms in total. The van der Waals surface area contributed by atoms with E-state index < -0.39 is 23.2 Å². The Bertz CT molecular complexity index is 1370. The van der Waals surface area contributed by atoms with Crippen LogP contribution in [0.3, 0.4) is 0 Å². The zero-order valence-electron chi connectivity index (χ0n) is 14.9. The molecule has 0 spiro atoms. The van der Waals surface area contributed by atoms with Crippen molar-refractivity contribution < 1.29 is 17.9 Å². The molecule has 0 N–H and O–H groups in total. The first-order chi connectivity index (χ1) is 14.2. The molecule has 0 fully saturated rings. The molecule has 0 radical (unpaired) electrons. The van der Waals surface area contributed by atoms with E-state index in [1.807, 2.05) is 0 Å². The van der Waals surface area contributed by atoms with Gasteiger partial charge in [0, 0.05) is 11.1 Å². The normalized spacial score (nSPS) is 12.6. The molecular formula is C20H5F3N6O. The van der Waals surface area contributed by atoms with Crippen LogP contribution in [0.4, 0.5) is 24.5 Å². The number of hydrogen-bond acceptors (Lipinski definition) is 5. The molecule has 3 rings (SSSR count). The molecule has 10 heteroatoms. The van der Waals surface area contributed by atoms with E-state index in [0.717, 1.165) is 6.07 Å². The third-order valence-electron chi connectivity index (χ3n) is 4.41. The van der Waals surface area contributed by atoms with Gasteiger partial charge in [-0.05, 0) is 22.8 Å². The summed E-state index contributed by atoms with van der Waals surface area (Å²) >= 11 is 0. The Hall–Kier alpha value is -4.85. The van der Waals surface area contributed by atoms with Gasteiger partial charge < -0.3 is 4.74 Å². The number of fused-ring (bicyclic) bond motifs is 3. The van der Waals surface area contributed by atoms with Crippen molar-refractivity contribution in [3.05, 3.63) is 62.8 Å². The quantitative estimate of drug-likeness (QED) is 0.420. The average molecular weight is 402 g/mol. The number of halogens is 3. The lowest BCUT2D eigenvalue weighted by Crippen LogP contribution is -2.19. The molecule has 0 bridgehead atoms. The van der Waals surface area contributed by atoms with Crippen LogP contribution in [0.5, 0.6) is 5.75 Å². The Labute approximate surface area is 167 Å². The fraction of sp³-hybridized carbons (Fsp3) is 0.100. The second-order valence-corrected chi connectivity index (χ2v) is 5.90. The van der Waals surface area contributed by atoms with E-state index in [2.05, 4.69) is 19.4 Å². The summed E-state index contributed by atoms with van der Waals surface area (Å²) in [4.78, 5) is 10.4. The van der Waals surface area contributed by atoms with Gasteiger partial charge >= 0.3 is 6.36 Å². The second-order valence-electron chi connectivity index (χ2n) is 5.90. The lowest BCUT2D eigenvalue weighted by molar-refractivity contribution is -0.274. The summed E-state index contributed by atoms with van der Waals surface area (Å²) in [5.74, 6) is -1.02. The first kappa shape index (κ1) is 19.9. The van der Waals surface area contributed by atoms with Gasteiger partial charge in [0.05, 0.1) is 24.4 Å². The predicted octanol–water partition coefficient (Wildman–Crippen LogP) is 5.04. The van der Waals surface area contributed by atoms with Gasteiger partial charge in [-0.25, -0.2) is 9.69 Å². The van der Waals surface area contributed by atoms with Gasteiger partial charge in [0.2, 0.25) is 6.19 Å². The maximum absolute atomic E-state index is 12.9. The van der Waals surface area contributed by atoms with Crippen LogP contribution in [0.25, 0.3) is 20.8 Å². The summed E-state index contributed by atoms with van der Waals surface area (Å²) in [6, 6.07) is 5.61. The molecule has 0 aromatic heterocycles. The smallest absolute Gasteiger partial charge is 0.403 e. The largest absolute Gasteiger partial charge is 0.573 e. The summed E-state index contributed by atoms with van der Waals surface area (Å²) in [7, 11) is 0. The zero-order valence-corrected chi connectivity index (χ0v) is 14.9. The molecule has 0 unspecified atom stereocenters. The number of nitrogens with zero attached hydrogens (tertiary/aromatic N) is 6. The number of benzene rings is 2. The lowest BCUT2D eigenvalue weighted by Gasteiger charge is -2.14. The van der Waals surface area contributed by atoms with E-state index in [4.69, 9.17) is 18.4 Å². The van der Waals surface area contributed by atoms with Crippen LogP contribution in [0.2, 0.25) is 0 Å². The van der Waals surface area contributed by atoms with Gasteiger partial charge in [0.15, 0.2) is 17.1 Å². The van der Waals surface area contributed by atoms with Crippen LogP contribution >= 0.6 is 0 Å². The molecular weight excluding hydrogens is 397 g/mol. The molecule has 0 saturated carbocycles. The lowest BCUT2D eigenvalue weighted by atomic mass is 9.96. The van der Waals surface area contributed by atoms with Crippen molar-refractivity contribution in [2.45, 2.75) is 13.3 Å². The van der Waals surface area contributed by atoms with Crippen LogP contribution in [0.1, 0.15) is 27.8 Å². The number of rotatable bonds is 1. The van der Waals surface area contributed by atoms with Gasteiger partial charge in [-0.1, -0.05) is 13.0 Å². The second kappa shape index (κ2) is 6.95. The van der Waals surface area contributed by atoms with Crippen LogP contribution in [-0.2, 0) is 0 Å². The molecule has 1 aliphatic rings. The third-order valence-corrected chi connectivity index (χ3v) is 4.41. The van der Waals surface area contributed by atoms with Crippen LogP contribution in [0.15, 0.2) is 17.1 Å². The summed E-state index contributed by atoms with van der Waals surface area (Å²) in [6.07, 6.45) is -3.66. The van der Waals surface area contributed by atoms with E-state index in [9.17, 15) is 23.7 Å². The Kier molecular flexibility index (Phi) is 4.61. The maximum Gasteiger partial charge on any atom is 0.573 e. The molecule has 0 atom stereocenters. The Morgan fingerprint density at radius 3 is 2.20 bits per heavy atom. The average Bonchev–Trinajstić information content (AvgIpc) is 2.99. The number of alkyl halides is 3. The predicted molar refractivity (Wildman–Crippen MR) is 96.5 cm³/mol. The fourth-order valence-electron chi connectivity index (χ4n) is 3.28. The summed E-state index contributed by atoms with van der Waals surface area (Å²) in [5, 5.41) is 28.1. The molecule has 0 heterocycles. The van der Waals surface area contributed by atoms with Crippen molar-refractivity contribution >= 4 is 17.1 Å². The highest BCUT2D eigenvalue weighted by Crippen LogP contribution is 2.50. The van der Waals surface area contributed by atoms with E-state index in [0.29, 0.717) is 5.56 Å². The Morgan fingerprint density at radius 2 is 1.70 bits per heavy atom. The highest BCUT2D eigenvalue weighted by atomic mass is 19.4. The first-order valence-corrected chi connectivity index (χ1v) is 7.89. The topological polar surface area (TPSA) is 102 Å². The highest BCUT2D eigenvalue weighted by Gasteiger charge is 2.39. The van der Waals surface area contributed by atoms with Crippen molar-refractivity contribution in [3.8, 4) is 35.2 Å². The molecule has 0 saturated heterocycles. The molecule has 2 aromatic rings. The summed E-state index contributed by atoms with van der Waals surface area (Å²) in [5.41, 5.74) is -0.769. The standard InChI is InChI=1S/C20H5F3N6O/c1-9-14(27-2)5-12-11-4-10(6-24)19(30-20(21,22)23)13(7-25)15(11)18(29-8-26)16(12)17(9)28-3/h4-5H,1H3. The Morgan fingerprint density at radius 1 is 1.03 bits per heavy atom. The molecule has 2 aromatic carbocycles. The highest BCUT2D eigenvalue weighted by molar-refractivity contribution is 6.29. The number of aliphatic imine (C=N–C) groups is 1. The molecule has 0 amide bonds. The van der Waals surface area contributed by atoms with Crippen molar-refractivity contribution in [3.63, 3.8) is 0 Å². The molecule has 1 aliphatic carbocycles. The summed E-state index contributed by atoms with van der Waals surface area (Å²) < 4.78 is 42.7. The minimum absolute atomic E-state index is 0.0237. The maximum atomic E-state index is 12.9. The van der Waals surface area contributed by atoms with Gasteiger partial charge in [-0.2, -0.15) is 20.8 Å². The molecule has 142 valence electrons.